The lowest BCUT2D eigenvalue weighted by molar-refractivity contribution is -0.121. The Balaban J connectivity index is 1.36. The molecule has 3 aromatic rings. The Morgan fingerprint density at radius 3 is 2.70 bits per heavy atom. The first-order chi connectivity index (χ1) is 14.6. The Kier molecular flexibility index (Phi) is 4.98. The number of anilines is 1. The minimum atomic E-state index is -0.376. The zero-order valence-corrected chi connectivity index (χ0v) is 17.0. The van der Waals surface area contributed by atoms with E-state index in [1.54, 1.807) is 25.4 Å². The van der Waals surface area contributed by atoms with Gasteiger partial charge in [0, 0.05) is 42.9 Å². The molecule has 6 nitrogen and oxygen atoms in total. The van der Waals surface area contributed by atoms with Gasteiger partial charge in [0.1, 0.15) is 5.82 Å². The van der Waals surface area contributed by atoms with Crippen molar-refractivity contribution in [1.82, 2.24) is 14.4 Å². The van der Waals surface area contributed by atoms with Crippen LogP contribution in [0.15, 0.2) is 36.8 Å². The van der Waals surface area contributed by atoms with Crippen molar-refractivity contribution in [3.8, 4) is 11.3 Å². The van der Waals surface area contributed by atoms with Crippen molar-refractivity contribution in [3.63, 3.8) is 0 Å². The van der Waals surface area contributed by atoms with Crippen molar-refractivity contribution in [2.24, 2.45) is 5.92 Å². The summed E-state index contributed by atoms with van der Waals surface area (Å²) in [4.78, 5) is 21.6. The summed E-state index contributed by atoms with van der Waals surface area (Å²) in [5.74, 6) is 0.692. The second-order valence-electron chi connectivity index (χ2n) is 8.39. The third kappa shape index (κ3) is 3.81. The molecule has 0 radical (unpaired) electrons. The molecule has 0 aliphatic heterocycles. The number of hydrogen-bond donors (Lipinski definition) is 1. The van der Waals surface area contributed by atoms with E-state index in [-0.39, 0.29) is 23.7 Å². The van der Waals surface area contributed by atoms with Crippen LogP contribution in [0, 0.1) is 11.7 Å². The van der Waals surface area contributed by atoms with E-state index >= 15 is 0 Å². The highest BCUT2D eigenvalue weighted by atomic mass is 19.1. The first-order valence-electron chi connectivity index (χ1n) is 10.6. The van der Waals surface area contributed by atoms with E-state index < -0.39 is 0 Å². The van der Waals surface area contributed by atoms with Crippen molar-refractivity contribution < 1.29 is 13.9 Å². The smallest absolute Gasteiger partial charge is 0.234 e. The molecule has 2 heterocycles. The van der Waals surface area contributed by atoms with Crippen LogP contribution in [0.3, 0.4) is 0 Å². The van der Waals surface area contributed by atoms with Gasteiger partial charge >= 0.3 is 0 Å². The topological polar surface area (TPSA) is 68.5 Å². The Morgan fingerprint density at radius 1 is 1.17 bits per heavy atom. The third-order valence-electron chi connectivity index (χ3n) is 6.27. The van der Waals surface area contributed by atoms with Gasteiger partial charge in [0.15, 0.2) is 0 Å². The summed E-state index contributed by atoms with van der Waals surface area (Å²) in [6.07, 6.45) is 11.7. The number of nitrogens with one attached hydrogen (secondary N) is 1. The Labute approximate surface area is 174 Å². The number of ether oxygens (including phenoxy) is 1. The number of halogens is 1. The van der Waals surface area contributed by atoms with E-state index in [1.807, 2.05) is 16.8 Å². The number of carbonyl (C=O) groups is 1. The zero-order valence-electron chi connectivity index (χ0n) is 17.0. The number of imidazole rings is 1. The fourth-order valence-electron chi connectivity index (χ4n) is 4.26. The van der Waals surface area contributed by atoms with Gasteiger partial charge in [0.05, 0.1) is 11.8 Å². The highest BCUT2D eigenvalue weighted by molar-refractivity contribution is 5.93. The predicted octanol–water partition coefficient (Wildman–Crippen LogP) is 4.56. The van der Waals surface area contributed by atoms with Gasteiger partial charge in [-0.1, -0.05) is 0 Å². The van der Waals surface area contributed by atoms with Gasteiger partial charge in [-0.15, -0.1) is 0 Å². The quantitative estimate of drug-likeness (QED) is 0.672. The van der Waals surface area contributed by atoms with Crippen LogP contribution < -0.4 is 5.32 Å². The fourth-order valence-corrected chi connectivity index (χ4v) is 4.26. The number of aromatic nitrogens is 3. The molecule has 0 saturated heterocycles. The van der Waals surface area contributed by atoms with E-state index in [1.165, 1.54) is 24.5 Å². The van der Waals surface area contributed by atoms with Gasteiger partial charge in [0.25, 0.3) is 0 Å². The van der Waals surface area contributed by atoms with Crippen molar-refractivity contribution in [3.05, 3.63) is 48.2 Å². The SMILES string of the molecule is COC1CCC(C(=O)Nc2ccc(F)c(-c3cn4cc(C5CC5)cnc4n3)c2)CC1. The summed E-state index contributed by atoms with van der Waals surface area (Å²) >= 11 is 0. The number of amides is 1. The molecule has 5 rings (SSSR count). The summed E-state index contributed by atoms with van der Waals surface area (Å²) in [5.41, 5.74) is 2.63. The molecule has 30 heavy (non-hydrogen) atoms. The second-order valence-corrected chi connectivity index (χ2v) is 8.39. The molecule has 0 atom stereocenters. The van der Waals surface area contributed by atoms with Gasteiger partial charge in [-0.25, -0.2) is 14.4 Å². The average molecular weight is 408 g/mol. The lowest BCUT2D eigenvalue weighted by Crippen LogP contribution is -2.29. The first-order valence-corrected chi connectivity index (χ1v) is 10.6. The molecule has 1 amide bonds. The van der Waals surface area contributed by atoms with Gasteiger partial charge in [-0.05, 0) is 68.2 Å². The van der Waals surface area contributed by atoms with Crippen molar-refractivity contribution in [1.29, 1.82) is 0 Å². The van der Waals surface area contributed by atoms with Crippen LogP contribution in [0.25, 0.3) is 17.0 Å². The van der Waals surface area contributed by atoms with E-state index in [2.05, 4.69) is 15.3 Å². The van der Waals surface area contributed by atoms with Crippen LogP contribution in [-0.2, 0) is 9.53 Å². The third-order valence-corrected chi connectivity index (χ3v) is 6.27. The van der Waals surface area contributed by atoms with E-state index in [0.29, 0.717) is 28.6 Å². The van der Waals surface area contributed by atoms with Crippen LogP contribution in [0.1, 0.15) is 50.0 Å². The number of benzene rings is 1. The van der Waals surface area contributed by atoms with Crippen LogP contribution in [-0.4, -0.2) is 33.5 Å². The van der Waals surface area contributed by atoms with E-state index in [0.717, 1.165) is 25.7 Å². The Morgan fingerprint density at radius 2 is 1.97 bits per heavy atom. The zero-order chi connectivity index (χ0) is 20.7. The summed E-state index contributed by atoms with van der Waals surface area (Å²) in [6.45, 7) is 0. The number of rotatable bonds is 5. The highest BCUT2D eigenvalue weighted by Crippen LogP contribution is 2.39. The fraction of sp³-hybridized carbons (Fsp3) is 0.435. The molecule has 0 bridgehead atoms. The second kappa shape index (κ2) is 7.80. The molecule has 7 heteroatoms. The van der Waals surface area contributed by atoms with Crippen molar-refractivity contribution in [2.75, 3.05) is 12.4 Å². The first kappa shape index (κ1) is 19.2. The van der Waals surface area contributed by atoms with Crippen LogP contribution in [0.4, 0.5) is 10.1 Å². The molecular weight excluding hydrogens is 383 g/mol. The van der Waals surface area contributed by atoms with Gasteiger partial charge in [0.2, 0.25) is 11.7 Å². The molecular formula is C23H25FN4O2. The molecule has 1 N–H and O–H groups in total. The van der Waals surface area contributed by atoms with Gasteiger partial charge in [-0.3, -0.25) is 9.20 Å². The lowest BCUT2D eigenvalue weighted by Gasteiger charge is -2.26. The average Bonchev–Trinajstić information content (AvgIpc) is 3.53. The summed E-state index contributed by atoms with van der Waals surface area (Å²) in [6, 6.07) is 4.62. The van der Waals surface area contributed by atoms with Crippen LogP contribution >= 0.6 is 0 Å². The highest BCUT2D eigenvalue weighted by Gasteiger charge is 2.27. The molecule has 2 aromatic heterocycles. The number of fused-ring (bicyclic) bond motifs is 1. The molecule has 0 unspecified atom stereocenters. The molecule has 1 aromatic carbocycles. The summed E-state index contributed by atoms with van der Waals surface area (Å²) in [5, 5.41) is 2.95. The molecule has 2 aliphatic carbocycles. The van der Waals surface area contributed by atoms with Crippen LogP contribution in [0.2, 0.25) is 0 Å². The number of carbonyl (C=O) groups excluding carboxylic acids is 1. The largest absolute Gasteiger partial charge is 0.381 e. The minimum Gasteiger partial charge on any atom is -0.381 e. The number of methoxy groups -OCH3 is 1. The number of nitrogens with zero attached hydrogens (tertiary/aromatic N) is 3. The molecule has 0 spiro atoms. The summed E-state index contributed by atoms with van der Waals surface area (Å²) in [7, 11) is 1.71. The minimum absolute atomic E-state index is 0.0205. The maximum atomic E-state index is 14.6. The van der Waals surface area contributed by atoms with Gasteiger partial charge in [-0.2, -0.15) is 0 Å². The lowest BCUT2D eigenvalue weighted by atomic mass is 9.86. The predicted molar refractivity (Wildman–Crippen MR) is 112 cm³/mol. The van der Waals surface area contributed by atoms with Crippen molar-refractivity contribution in [2.45, 2.75) is 50.5 Å². The number of hydrogen-bond acceptors (Lipinski definition) is 4. The van der Waals surface area contributed by atoms with E-state index in [4.69, 9.17) is 4.74 Å². The van der Waals surface area contributed by atoms with Crippen molar-refractivity contribution >= 4 is 17.4 Å². The van der Waals surface area contributed by atoms with Gasteiger partial charge < -0.3 is 10.1 Å². The molecule has 2 saturated carbocycles. The molecule has 2 fully saturated rings. The molecule has 2 aliphatic rings. The van der Waals surface area contributed by atoms with Crippen LogP contribution in [0.5, 0.6) is 0 Å². The Bertz CT molecular complexity index is 1080. The standard InChI is InChI=1S/C23H25FN4O2/c1-30-18-7-4-15(5-8-18)22(29)26-17-6-9-20(24)19(10-17)21-13-28-12-16(14-2-3-14)11-25-23(28)27-21/h6,9-15,18H,2-5,7-8H2,1H3,(H,26,29). The monoisotopic (exact) mass is 408 g/mol. The maximum Gasteiger partial charge on any atom is 0.234 e. The molecule has 156 valence electrons. The van der Waals surface area contributed by atoms with E-state index in [9.17, 15) is 9.18 Å². The summed E-state index contributed by atoms with van der Waals surface area (Å²) < 4.78 is 21.8. The normalized spacial score (nSPS) is 21.7. The maximum absolute atomic E-state index is 14.6. The Hall–Kier alpha value is -2.80.